The zero-order valence-corrected chi connectivity index (χ0v) is 17.1. The predicted molar refractivity (Wildman–Crippen MR) is 117 cm³/mol. The van der Waals surface area contributed by atoms with E-state index in [1.54, 1.807) is 36.7 Å². The van der Waals surface area contributed by atoms with Crippen molar-refractivity contribution < 1.29 is 13.2 Å². The number of nitrogen functional groups attached to an aromatic ring is 1. The zero-order chi connectivity index (χ0) is 23.2. The predicted octanol–water partition coefficient (Wildman–Crippen LogP) is 5.12. The summed E-state index contributed by atoms with van der Waals surface area (Å²) in [6, 6.07) is 12.1. The molecule has 0 bridgehead atoms. The number of rotatable bonds is 5. The van der Waals surface area contributed by atoms with Gasteiger partial charge in [-0.25, -0.2) is 4.98 Å². The van der Waals surface area contributed by atoms with Gasteiger partial charge in [-0.15, -0.1) is 0 Å². The summed E-state index contributed by atoms with van der Waals surface area (Å²) in [4.78, 5) is 13.4. The minimum Gasteiger partial charge on any atom is -0.399 e. The van der Waals surface area contributed by atoms with Crippen LogP contribution in [0.3, 0.4) is 0 Å². The van der Waals surface area contributed by atoms with E-state index < -0.39 is 11.7 Å². The van der Waals surface area contributed by atoms with Crippen molar-refractivity contribution in [3.8, 4) is 6.07 Å². The maximum Gasteiger partial charge on any atom is 0.416 e. The minimum absolute atomic E-state index is 0.0702. The van der Waals surface area contributed by atoms with E-state index >= 15 is 0 Å². The van der Waals surface area contributed by atoms with Crippen molar-refractivity contribution in [3.63, 3.8) is 0 Å². The molecule has 0 radical (unpaired) electrons. The maximum atomic E-state index is 13.3. The first-order valence-corrected chi connectivity index (χ1v) is 10.1. The number of nitriles is 1. The number of hydrogen-bond donors (Lipinski definition) is 3. The van der Waals surface area contributed by atoms with Gasteiger partial charge in [-0.3, -0.25) is 0 Å². The Morgan fingerprint density at radius 1 is 1.03 bits per heavy atom. The molecule has 0 atom stereocenters. The van der Waals surface area contributed by atoms with Crippen LogP contribution < -0.4 is 16.4 Å². The highest BCUT2D eigenvalue weighted by atomic mass is 19.4. The summed E-state index contributed by atoms with van der Waals surface area (Å²) in [7, 11) is 0. The molecule has 8 nitrogen and oxygen atoms in total. The van der Waals surface area contributed by atoms with Crippen molar-refractivity contribution in [3.05, 3.63) is 59.9 Å². The molecule has 4 N–H and O–H groups in total. The average molecular weight is 450 g/mol. The molecule has 1 aliphatic rings. The lowest BCUT2D eigenvalue weighted by Crippen LogP contribution is -2.07. The largest absolute Gasteiger partial charge is 0.416 e. The van der Waals surface area contributed by atoms with E-state index in [1.807, 2.05) is 4.57 Å². The first-order valence-electron chi connectivity index (χ1n) is 10.1. The van der Waals surface area contributed by atoms with E-state index in [0.717, 1.165) is 25.0 Å². The van der Waals surface area contributed by atoms with Crippen molar-refractivity contribution in [2.45, 2.75) is 25.1 Å². The number of halogens is 3. The normalized spacial score (nSPS) is 13.6. The maximum absolute atomic E-state index is 13.3. The molecule has 0 unspecified atom stereocenters. The van der Waals surface area contributed by atoms with E-state index in [-0.39, 0.29) is 29.1 Å². The SMILES string of the molecule is N#Cc1cc(Nc2nc(Nc3ccc(N)cc3)nc3c2ncn3C2CC2)cc(C(F)(F)F)c1. The number of fused-ring (bicyclic) bond motifs is 1. The molecular formula is C22H17F3N8. The summed E-state index contributed by atoms with van der Waals surface area (Å²) in [6.45, 7) is 0. The number of nitrogens with two attached hydrogens (primary N) is 1. The Labute approximate surface area is 185 Å². The molecule has 5 rings (SSSR count). The third-order valence-electron chi connectivity index (χ3n) is 5.18. The Hall–Kier alpha value is -4.33. The summed E-state index contributed by atoms with van der Waals surface area (Å²) in [5, 5.41) is 15.2. The quantitative estimate of drug-likeness (QED) is 0.361. The number of alkyl halides is 3. The number of nitrogens with one attached hydrogen (secondary N) is 2. The van der Waals surface area contributed by atoms with Gasteiger partial charge < -0.3 is 20.9 Å². The van der Waals surface area contributed by atoms with Crippen LogP contribution in [0.2, 0.25) is 0 Å². The van der Waals surface area contributed by atoms with Gasteiger partial charge in [0.15, 0.2) is 17.0 Å². The molecule has 4 aromatic rings. The fourth-order valence-corrected chi connectivity index (χ4v) is 3.44. The fourth-order valence-electron chi connectivity index (χ4n) is 3.44. The Morgan fingerprint density at radius 3 is 2.45 bits per heavy atom. The molecule has 11 heteroatoms. The van der Waals surface area contributed by atoms with Crippen LogP contribution in [0.5, 0.6) is 0 Å². The van der Waals surface area contributed by atoms with Crippen molar-refractivity contribution >= 4 is 40.0 Å². The molecule has 0 aliphatic heterocycles. The number of aromatic nitrogens is 4. The third-order valence-corrected chi connectivity index (χ3v) is 5.18. The van der Waals surface area contributed by atoms with Gasteiger partial charge in [0, 0.05) is 23.1 Å². The molecule has 33 heavy (non-hydrogen) atoms. The molecule has 1 fully saturated rings. The number of anilines is 5. The lowest BCUT2D eigenvalue weighted by Gasteiger charge is -2.13. The monoisotopic (exact) mass is 450 g/mol. The lowest BCUT2D eigenvalue weighted by molar-refractivity contribution is -0.137. The van der Waals surface area contributed by atoms with Gasteiger partial charge in [-0.2, -0.15) is 28.4 Å². The summed E-state index contributed by atoms with van der Waals surface area (Å²) in [5.74, 6) is 0.463. The first-order chi connectivity index (χ1) is 15.8. The summed E-state index contributed by atoms with van der Waals surface area (Å²) < 4.78 is 41.9. The summed E-state index contributed by atoms with van der Waals surface area (Å²) in [5.41, 5.74) is 7.01. The Bertz CT molecular complexity index is 1380. The smallest absolute Gasteiger partial charge is 0.399 e. The van der Waals surface area contributed by atoms with Gasteiger partial charge in [-0.05, 0) is 55.3 Å². The Kier molecular flexibility index (Phi) is 4.78. The van der Waals surface area contributed by atoms with Gasteiger partial charge >= 0.3 is 6.18 Å². The Balaban J connectivity index is 1.58. The lowest BCUT2D eigenvalue weighted by atomic mass is 10.1. The first kappa shape index (κ1) is 20.6. The van der Waals surface area contributed by atoms with Crippen LogP contribution in [-0.4, -0.2) is 19.5 Å². The van der Waals surface area contributed by atoms with Crippen LogP contribution in [-0.2, 0) is 6.18 Å². The third kappa shape index (κ3) is 4.23. The van der Waals surface area contributed by atoms with Crippen LogP contribution in [0.1, 0.15) is 30.0 Å². The molecule has 0 saturated heterocycles. The van der Waals surface area contributed by atoms with Crippen molar-refractivity contribution in [2.75, 3.05) is 16.4 Å². The summed E-state index contributed by atoms with van der Waals surface area (Å²) >= 11 is 0. The van der Waals surface area contributed by atoms with Crippen molar-refractivity contribution in [1.29, 1.82) is 5.26 Å². The molecule has 166 valence electrons. The molecule has 0 spiro atoms. The summed E-state index contributed by atoms with van der Waals surface area (Å²) in [6.07, 6.45) is -0.946. The highest BCUT2D eigenvalue weighted by molar-refractivity contribution is 5.87. The van der Waals surface area contributed by atoms with Crippen LogP contribution in [0.25, 0.3) is 11.2 Å². The van der Waals surface area contributed by atoms with Gasteiger partial charge in [0.2, 0.25) is 5.95 Å². The zero-order valence-electron chi connectivity index (χ0n) is 17.1. The van der Waals surface area contributed by atoms with Crippen LogP contribution in [0.15, 0.2) is 48.8 Å². The molecule has 2 aromatic carbocycles. The second kappa shape index (κ2) is 7.67. The average Bonchev–Trinajstić information content (AvgIpc) is 3.53. The van der Waals surface area contributed by atoms with E-state index in [0.29, 0.717) is 22.5 Å². The molecule has 0 amide bonds. The van der Waals surface area contributed by atoms with Gasteiger partial charge in [0.05, 0.1) is 23.5 Å². The van der Waals surface area contributed by atoms with E-state index in [1.165, 1.54) is 6.07 Å². The van der Waals surface area contributed by atoms with Gasteiger partial charge in [-0.1, -0.05) is 0 Å². The Morgan fingerprint density at radius 2 is 1.79 bits per heavy atom. The van der Waals surface area contributed by atoms with E-state index in [4.69, 9.17) is 5.73 Å². The van der Waals surface area contributed by atoms with Gasteiger partial charge in [0.1, 0.15) is 0 Å². The second-order valence-corrected chi connectivity index (χ2v) is 7.73. The van der Waals surface area contributed by atoms with Crippen LogP contribution in [0, 0.1) is 11.3 Å². The molecular weight excluding hydrogens is 433 g/mol. The topological polar surface area (TPSA) is 117 Å². The second-order valence-electron chi connectivity index (χ2n) is 7.73. The highest BCUT2D eigenvalue weighted by Gasteiger charge is 2.31. The number of benzene rings is 2. The fraction of sp³-hybridized carbons (Fsp3) is 0.182. The van der Waals surface area contributed by atoms with Crippen LogP contribution in [0.4, 0.5) is 42.0 Å². The molecule has 2 heterocycles. The van der Waals surface area contributed by atoms with Crippen molar-refractivity contribution in [1.82, 2.24) is 19.5 Å². The number of nitrogens with zero attached hydrogens (tertiary/aromatic N) is 5. The molecule has 1 aliphatic carbocycles. The minimum atomic E-state index is -4.60. The van der Waals surface area contributed by atoms with E-state index in [2.05, 4.69) is 25.6 Å². The number of imidazole rings is 1. The standard InChI is InChI=1S/C22H17F3N8/c23-22(24,25)13-7-12(10-26)8-16(9-13)29-19-18-20(33(11-28-18)17-5-6-17)32-21(31-19)30-15-3-1-14(27)2-4-15/h1-4,7-9,11,17H,5-6,27H2,(H2,29,30,31,32). The van der Waals surface area contributed by atoms with Gasteiger partial charge in [0.25, 0.3) is 0 Å². The van der Waals surface area contributed by atoms with E-state index in [9.17, 15) is 18.4 Å². The highest BCUT2D eigenvalue weighted by Crippen LogP contribution is 2.38. The van der Waals surface area contributed by atoms with Crippen LogP contribution >= 0.6 is 0 Å². The number of hydrogen-bond acceptors (Lipinski definition) is 7. The molecule has 2 aromatic heterocycles. The molecule has 1 saturated carbocycles. The van der Waals surface area contributed by atoms with Crippen molar-refractivity contribution in [2.24, 2.45) is 0 Å².